The molecule has 4 rings (SSSR count). The molecular weight excluding hydrogens is 356 g/mol. The zero-order valence-electron chi connectivity index (χ0n) is 12.6. The second-order valence-corrected chi connectivity index (χ2v) is 6.59. The summed E-state index contributed by atoms with van der Waals surface area (Å²) in [5, 5.41) is 1.58. The number of hydrogen-bond acceptors (Lipinski definition) is 3. The van der Waals surface area contributed by atoms with Crippen molar-refractivity contribution in [3.05, 3.63) is 68.3 Å². The fourth-order valence-corrected chi connectivity index (χ4v) is 3.17. The Morgan fingerprint density at radius 3 is 2.52 bits per heavy atom. The van der Waals surface area contributed by atoms with Gasteiger partial charge in [0, 0.05) is 21.5 Å². The standard InChI is InChI=1S/C19H13BrO3/c1-10-3-5-13-11(2)19(23-17(13)7-10)18-9-15(21)14-8-12(20)4-6-16(14)22-18/h3-9H,1-2H3. The Balaban J connectivity index is 2.01. The van der Waals surface area contributed by atoms with Crippen LogP contribution in [0.15, 0.2) is 60.6 Å². The van der Waals surface area contributed by atoms with Crippen molar-refractivity contribution in [2.75, 3.05) is 0 Å². The summed E-state index contributed by atoms with van der Waals surface area (Å²) in [5.74, 6) is 1.06. The second-order valence-electron chi connectivity index (χ2n) is 5.67. The van der Waals surface area contributed by atoms with Crippen LogP contribution in [0.3, 0.4) is 0 Å². The number of halogens is 1. The molecule has 0 bridgehead atoms. The molecule has 2 aromatic heterocycles. The highest BCUT2D eigenvalue weighted by atomic mass is 79.9. The van der Waals surface area contributed by atoms with Crippen LogP contribution in [0, 0.1) is 13.8 Å². The number of fused-ring (bicyclic) bond motifs is 2. The predicted octanol–water partition coefficient (Wildman–Crippen LogP) is 5.59. The molecule has 3 nitrogen and oxygen atoms in total. The van der Waals surface area contributed by atoms with Gasteiger partial charge < -0.3 is 8.83 Å². The Morgan fingerprint density at radius 1 is 0.870 bits per heavy atom. The van der Waals surface area contributed by atoms with Crippen LogP contribution in [0.4, 0.5) is 0 Å². The first-order valence-corrected chi connectivity index (χ1v) is 8.06. The van der Waals surface area contributed by atoms with E-state index >= 15 is 0 Å². The van der Waals surface area contributed by atoms with E-state index in [1.165, 1.54) is 6.07 Å². The minimum Gasteiger partial charge on any atom is -0.453 e. The molecule has 0 aliphatic carbocycles. The van der Waals surface area contributed by atoms with Gasteiger partial charge in [0.2, 0.25) is 0 Å². The molecule has 0 unspecified atom stereocenters. The normalized spacial score (nSPS) is 11.4. The third-order valence-corrected chi connectivity index (χ3v) is 4.50. The molecule has 0 radical (unpaired) electrons. The van der Waals surface area contributed by atoms with Crippen molar-refractivity contribution in [2.45, 2.75) is 13.8 Å². The molecule has 4 aromatic rings. The van der Waals surface area contributed by atoms with Gasteiger partial charge in [-0.05, 0) is 43.7 Å². The van der Waals surface area contributed by atoms with E-state index < -0.39 is 0 Å². The molecule has 114 valence electrons. The average Bonchev–Trinajstić information content (AvgIpc) is 2.84. The molecule has 0 atom stereocenters. The Bertz CT molecular complexity index is 1120. The van der Waals surface area contributed by atoms with Gasteiger partial charge in [-0.1, -0.05) is 28.1 Å². The molecule has 0 saturated carbocycles. The lowest BCUT2D eigenvalue weighted by atomic mass is 10.1. The van der Waals surface area contributed by atoms with Gasteiger partial charge in [-0.25, -0.2) is 0 Å². The summed E-state index contributed by atoms with van der Waals surface area (Å²) >= 11 is 3.37. The minimum atomic E-state index is -0.0846. The van der Waals surface area contributed by atoms with Crippen molar-refractivity contribution in [3.63, 3.8) is 0 Å². The van der Waals surface area contributed by atoms with Gasteiger partial charge in [0.1, 0.15) is 11.2 Å². The molecule has 0 saturated heterocycles. The SMILES string of the molecule is Cc1ccc2c(C)c(-c3cc(=O)c4cc(Br)ccc4o3)oc2c1. The molecule has 4 heteroatoms. The summed E-state index contributed by atoms with van der Waals surface area (Å²) in [6.07, 6.45) is 0. The monoisotopic (exact) mass is 368 g/mol. The molecular formula is C19H13BrO3. The quantitative estimate of drug-likeness (QED) is 0.440. The van der Waals surface area contributed by atoms with E-state index in [1.54, 1.807) is 12.1 Å². The van der Waals surface area contributed by atoms with Crippen molar-refractivity contribution in [1.82, 2.24) is 0 Å². The summed E-state index contributed by atoms with van der Waals surface area (Å²) in [6.45, 7) is 3.99. The lowest BCUT2D eigenvalue weighted by molar-refractivity contribution is 0.560. The van der Waals surface area contributed by atoms with Crippen LogP contribution in [-0.2, 0) is 0 Å². The zero-order chi connectivity index (χ0) is 16.1. The van der Waals surface area contributed by atoms with Gasteiger partial charge >= 0.3 is 0 Å². The summed E-state index contributed by atoms with van der Waals surface area (Å²) in [4.78, 5) is 12.4. The van der Waals surface area contributed by atoms with Gasteiger partial charge in [-0.15, -0.1) is 0 Å². The minimum absolute atomic E-state index is 0.0846. The van der Waals surface area contributed by atoms with E-state index in [9.17, 15) is 4.79 Å². The Kier molecular flexibility index (Phi) is 3.16. The molecule has 0 N–H and O–H groups in total. The highest BCUT2D eigenvalue weighted by molar-refractivity contribution is 9.10. The highest BCUT2D eigenvalue weighted by Crippen LogP contribution is 2.34. The Labute approximate surface area is 140 Å². The van der Waals surface area contributed by atoms with Crippen LogP contribution in [0.5, 0.6) is 0 Å². The largest absolute Gasteiger partial charge is 0.453 e. The number of hydrogen-bond donors (Lipinski definition) is 0. The van der Waals surface area contributed by atoms with E-state index in [0.29, 0.717) is 22.5 Å². The average molecular weight is 369 g/mol. The maximum Gasteiger partial charge on any atom is 0.193 e. The van der Waals surface area contributed by atoms with Gasteiger partial charge in [0.05, 0.1) is 5.39 Å². The van der Waals surface area contributed by atoms with E-state index in [-0.39, 0.29) is 5.43 Å². The molecule has 0 amide bonds. The number of aryl methyl sites for hydroxylation is 2. The highest BCUT2D eigenvalue weighted by Gasteiger charge is 2.16. The molecule has 23 heavy (non-hydrogen) atoms. The van der Waals surface area contributed by atoms with Crippen LogP contribution in [0.1, 0.15) is 11.1 Å². The number of furan rings is 1. The summed E-state index contributed by atoms with van der Waals surface area (Å²) in [6, 6.07) is 13.0. The van der Waals surface area contributed by atoms with E-state index in [2.05, 4.69) is 15.9 Å². The maximum atomic E-state index is 12.4. The predicted molar refractivity (Wildman–Crippen MR) is 94.9 cm³/mol. The fourth-order valence-electron chi connectivity index (χ4n) is 2.81. The van der Waals surface area contributed by atoms with Crippen molar-refractivity contribution < 1.29 is 8.83 Å². The lowest BCUT2D eigenvalue weighted by Crippen LogP contribution is -2.00. The van der Waals surface area contributed by atoms with Gasteiger partial charge in [0.15, 0.2) is 16.9 Å². The molecule has 0 aliphatic heterocycles. The smallest absolute Gasteiger partial charge is 0.193 e. The summed E-state index contributed by atoms with van der Waals surface area (Å²) in [5.41, 5.74) is 3.36. The van der Waals surface area contributed by atoms with Crippen LogP contribution in [0.2, 0.25) is 0 Å². The van der Waals surface area contributed by atoms with Crippen LogP contribution >= 0.6 is 15.9 Å². The third-order valence-electron chi connectivity index (χ3n) is 4.01. The van der Waals surface area contributed by atoms with Gasteiger partial charge in [-0.3, -0.25) is 4.79 Å². The van der Waals surface area contributed by atoms with E-state index in [4.69, 9.17) is 8.83 Å². The molecule has 0 fully saturated rings. The van der Waals surface area contributed by atoms with Crippen molar-refractivity contribution >= 4 is 37.9 Å². The fraction of sp³-hybridized carbons (Fsp3) is 0.105. The topological polar surface area (TPSA) is 43.4 Å². The van der Waals surface area contributed by atoms with Crippen molar-refractivity contribution in [3.8, 4) is 11.5 Å². The van der Waals surface area contributed by atoms with E-state index in [1.807, 2.05) is 38.1 Å². The first-order chi connectivity index (χ1) is 11.0. The third kappa shape index (κ3) is 2.30. The molecule has 2 aromatic carbocycles. The summed E-state index contributed by atoms with van der Waals surface area (Å²) < 4.78 is 12.7. The van der Waals surface area contributed by atoms with Crippen LogP contribution in [-0.4, -0.2) is 0 Å². The number of benzene rings is 2. The van der Waals surface area contributed by atoms with Crippen molar-refractivity contribution in [1.29, 1.82) is 0 Å². The zero-order valence-corrected chi connectivity index (χ0v) is 14.2. The maximum absolute atomic E-state index is 12.4. The van der Waals surface area contributed by atoms with Gasteiger partial charge in [-0.2, -0.15) is 0 Å². The Hall–Kier alpha value is -2.33. The van der Waals surface area contributed by atoms with Crippen LogP contribution in [0.25, 0.3) is 33.5 Å². The first-order valence-electron chi connectivity index (χ1n) is 7.26. The number of rotatable bonds is 1. The lowest BCUT2D eigenvalue weighted by Gasteiger charge is -2.02. The second kappa shape index (κ2) is 5.10. The van der Waals surface area contributed by atoms with Crippen LogP contribution < -0.4 is 5.43 Å². The molecule has 0 aliphatic rings. The Morgan fingerprint density at radius 2 is 1.70 bits per heavy atom. The van der Waals surface area contributed by atoms with Gasteiger partial charge in [0.25, 0.3) is 0 Å². The summed E-state index contributed by atoms with van der Waals surface area (Å²) in [7, 11) is 0. The molecule has 2 heterocycles. The first kappa shape index (κ1) is 14.3. The van der Waals surface area contributed by atoms with Crippen molar-refractivity contribution in [2.24, 2.45) is 0 Å². The molecule has 0 spiro atoms. The van der Waals surface area contributed by atoms with E-state index in [0.717, 1.165) is 26.6 Å².